The molecule has 170 valence electrons. The fraction of sp³-hybridized carbons (Fsp3) is 0.920. The van der Waals surface area contributed by atoms with Crippen LogP contribution in [0.1, 0.15) is 117 Å². The lowest BCUT2D eigenvalue weighted by Gasteiger charge is -2.26. The van der Waals surface area contributed by atoms with Gasteiger partial charge in [-0.15, -0.1) is 0 Å². The van der Waals surface area contributed by atoms with Gasteiger partial charge in [0.2, 0.25) is 0 Å². The molecule has 0 N–H and O–H groups in total. The third-order valence-corrected chi connectivity index (χ3v) is 5.94. The highest BCUT2D eigenvalue weighted by Crippen LogP contribution is 2.30. The summed E-state index contributed by atoms with van der Waals surface area (Å²) in [5, 5.41) is 0. The van der Waals surface area contributed by atoms with E-state index in [9.17, 15) is 9.59 Å². The van der Waals surface area contributed by atoms with Crippen LogP contribution in [0.2, 0.25) is 0 Å². The maximum absolute atomic E-state index is 12.2. The van der Waals surface area contributed by atoms with Crippen molar-refractivity contribution >= 4 is 11.9 Å². The molecule has 1 aliphatic carbocycles. The predicted molar refractivity (Wildman–Crippen MR) is 119 cm³/mol. The summed E-state index contributed by atoms with van der Waals surface area (Å²) < 4.78 is 10.8. The Labute approximate surface area is 179 Å². The van der Waals surface area contributed by atoms with Crippen LogP contribution in [0.3, 0.4) is 0 Å². The summed E-state index contributed by atoms with van der Waals surface area (Å²) in [6.45, 7) is 7.37. The molecule has 4 nitrogen and oxygen atoms in total. The van der Waals surface area contributed by atoms with Crippen LogP contribution in [-0.2, 0) is 19.1 Å². The Balaban J connectivity index is 1.96. The molecule has 29 heavy (non-hydrogen) atoms. The van der Waals surface area contributed by atoms with Crippen LogP contribution in [0.4, 0.5) is 0 Å². The molecule has 0 aromatic rings. The van der Waals surface area contributed by atoms with Crippen molar-refractivity contribution < 1.29 is 19.1 Å². The Kier molecular flexibility index (Phi) is 15.0. The molecule has 0 aromatic heterocycles. The van der Waals surface area contributed by atoms with Crippen molar-refractivity contribution in [1.82, 2.24) is 0 Å². The Hall–Kier alpha value is -1.06. The molecular weight excluding hydrogens is 364 g/mol. The van der Waals surface area contributed by atoms with E-state index in [0.29, 0.717) is 19.1 Å². The lowest BCUT2D eigenvalue weighted by atomic mass is 9.82. The normalized spacial score (nSPS) is 19.3. The van der Waals surface area contributed by atoms with E-state index >= 15 is 0 Å². The molecule has 1 aliphatic rings. The Morgan fingerprint density at radius 2 is 1.10 bits per heavy atom. The van der Waals surface area contributed by atoms with Crippen molar-refractivity contribution in [3.8, 4) is 0 Å². The van der Waals surface area contributed by atoms with E-state index in [2.05, 4.69) is 6.92 Å². The highest BCUT2D eigenvalue weighted by Gasteiger charge is 2.31. The largest absolute Gasteiger partial charge is 0.465 e. The van der Waals surface area contributed by atoms with E-state index in [4.69, 9.17) is 9.47 Å². The van der Waals surface area contributed by atoms with Gasteiger partial charge >= 0.3 is 11.9 Å². The molecule has 0 unspecified atom stereocenters. The molecule has 0 atom stereocenters. The average Bonchev–Trinajstić information content (AvgIpc) is 2.72. The van der Waals surface area contributed by atoms with E-state index in [0.717, 1.165) is 38.5 Å². The van der Waals surface area contributed by atoms with Gasteiger partial charge in [-0.2, -0.15) is 0 Å². The van der Waals surface area contributed by atoms with Gasteiger partial charge in [0, 0.05) is 0 Å². The average molecular weight is 411 g/mol. The van der Waals surface area contributed by atoms with Crippen molar-refractivity contribution in [3.05, 3.63) is 0 Å². The zero-order chi connectivity index (χ0) is 21.3. The minimum atomic E-state index is -0.0912. The Bertz CT molecular complexity index is 425. The Morgan fingerprint density at radius 1 is 0.690 bits per heavy atom. The lowest BCUT2D eigenvalue weighted by molar-refractivity contribution is -0.155. The second-order valence-corrected chi connectivity index (χ2v) is 9.28. The molecule has 0 saturated heterocycles. The Morgan fingerprint density at radius 3 is 1.55 bits per heavy atom. The van der Waals surface area contributed by atoms with E-state index in [-0.39, 0.29) is 23.8 Å². The molecule has 4 heteroatoms. The van der Waals surface area contributed by atoms with Gasteiger partial charge < -0.3 is 9.47 Å². The monoisotopic (exact) mass is 410 g/mol. The van der Waals surface area contributed by atoms with E-state index in [1.165, 1.54) is 57.8 Å². The number of unbranched alkanes of at least 4 members (excludes halogenated alkanes) is 10. The van der Waals surface area contributed by atoms with Gasteiger partial charge in [-0.25, -0.2) is 0 Å². The summed E-state index contributed by atoms with van der Waals surface area (Å²) in [5.74, 6) is 0.139. The van der Waals surface area contributed by atoms with E-state index in [1.807, 2.05) is 13.8 Å². The summed E-state index contributed by atoms with van der Waals surface area (Å²) >= 11 is 0. The first kappa shape index (κ1) is 26.0. The minimum Gasteiger partial charge on any atom is -0.465 e. The third kappa shape index (κ3) is 13.0. The van der Waals surface area contributed by atoms with Crippen LogP contribution in [0, 0.1) is 17.8 Å². The topological polar surface area (TPSA) is 52.6 Å². The SMILES string of the molecule is CCCCCCCCCCCCCOC(=O)C1CCC(C(=O)OCC(C)C)CC1. The first-order valence-corrected chi connectivity index (χ1v) is 12.4. The lowest BCUT2D eigenvalue weighted by Crippen LogP contribution is -2.29. The highest BCUT2D eigenvalue weighted by atomic mass is 16.5. The van der Waals surface area contributed by atoms with Crippen LogP contribution in [0.15, 0.2) is 0 Å². The van der Waals surface area contributed by atoms with Gasteiger partial charge in [0.25, 0.3) is 0 Å². The number of rotatable bonds is 16. The smallest absolute Gasteiger partial charge is 0.308 e. The van der Waals surface area contributed by atoms with Gasteiger partial charge in [-0.1, -0.05) is 85.0 Å². The number of carbonyl (C=O) groups excluding carboxylic acids is 2. The van der Waals surface area contributed by atoms with Gasteiger partial charge in [-0.3, -0.25) is 9.59 Å². The molecule has 0 heterocycles. The summed E-state index contributed by atoms with van der Waals surface area (Å²) in [4.78, 5) is 24.3. The van der Waals surface area contributed by atoms with Crippen LogP contribution < -0.4 is 0 Å². The van der Waals surface area contributed by atoms with Crippen molar-refractivity contribution in [1.29, 1.82) is 0 Å². The quantitative estimate of drug-likeness (QED) is 0.206. The van der Waals surface area contributed by atoms with Gasteiger partial charge in [-0.05, 0) is 38.0 Å². The van der Waals surface area contributed by atoms with Crippen molar-refractivity contribution in [3.63, 3.8) is 0 Å². The second kappa shape index (κ2) is 16.7. The van der Waals surface area contributed by atoms with Crippen molar-refractivity contribution in [2.75, 3.05) is 13.2 Å². The predicted octanol–water partition coefficient (Wildman–Crippen LogP) is 6.85. The molecule has 0 bridgehead atoms. The zero-order valence-corrected chi connectivity index (χ0v) is 19.4. The molecule has 1 fully saturated rings. The molecule has 0 aromatic carbocycles. The van der Waals surface area contributed by atoms with Crippen molar-refractivity contribution in [2.24, 2.45) is 17.8 Å². The molecule has 1 saturated carbocycles. The minimum absolute atomic E-state index is 0.0307. The van der Waals surface area contributed by atoms with E-state index < -0.39 is 0 Å². The zero-order valence-electron chi connectivity index (χ0n) is 19.4. The van der Waals surface area contributed by atoms with Crippen molar-refractivity contribution in [2.45, 2.75) is 117 Å². The van der Waals surface area contributed by atoms with Gasteiger partial charge in [0.15, 0.2) is 0 Å². The number of hydrogen-bond acceptors (Lipinski definition) is 4. The fourth-order valence-electron chi connectivity index (χ4n) is 3.99. The standard InChI is InChI=1S/C25H46O4/c1-4-5-6-7-8-9-10-11-12-13-14-19-28-24(26)22-15-17-23(18-16-22)25(27)29-20-21(2)3/h21-23H,4-20H2,1-3H3. The summed E-state index contributed by atoms with van der Waals surface area (Å²) in [7, 11) is 0. The second-order valence-electron chi connectivity index (χ2n) is 9.28. The van der Waals surface area contributed by atoms with Crippen LogP contribution in [-0.4, -0.2) is 25.2 Å². The fourth-order valence-corrected chi connectivity index (χ4v) is 3.99. The molecule has 0 spiro atoms. The molecule has 0 amide bonds. The van der Waals surface area contributed by atoms with Gasteiger partial charge in [0.1, 0.15) is 0 Å². The van der Waals surface area contributed by atoms with Crippen LogP contribution in [0.25, 0.3) is 0 Å². The first-order chi connectivity index (χ1) is 14.0. The molecule has 1 rings (SSSR count). The van der Waals surface area contributed by atoms with Gasteiger partial charge in [0.05, 0.1) is 25.0 Å². The maximum Gasteiger partial charge on any atom is 0.308 e. The summed E-state index contributed by atoms with van der Waals surface area (Å²) in [6.07, 6.45) is 17.2. The number of ether oxygens (including phenoxy) is 2. The number of esters is 2. The number of carbonyl (C=O) groups is 2. The van der Waals surface area contributed by atoms with E-state index in [1.54, 1.807) is 0 Å². The van der Waals surface area contributed by atoms with Crippen LogP contribution >= 0.6 is 0 Å². The molecule has 0 radical (unpaired) electrons. The summed E-state index contributed by atoms with van der Waals surface area (Å²) in [6, 6.07) is 0. The highest BCUT2D eigenvalue weighted by molar-refractivity contribution is 5.75. The first-order valence-electron chi connectivity index (χ1n) is 12.4. The number of hydrogen-bond donors (Lipinski definition) is 0. The molecular formula is C25H46O4. The summed E-state index contributed by atoms with van der Waals surface area (Å²) in [5.41, 5.74) is 0. The maximum atomic E-state index is 12.2. The van der Waals surface area contributed by atoms with Crippen LogP contribution in [0.5, 0.6) is 0 Å². The third-order valence-electron chi connectivity index (χ3n) is 5.94. The molecule has 0 aliphatic heterocycles.